The van der Waals surface area contributed by atoms with Crippen molar-refractivity contribution in [2.24, 2.45) is 0 Å². The number of alkyl halides is 5. The molecule has 0 aromatic heterocycles. The third-order valence-electron chi connectivity index (χ3n) is 1.46. The van der Waals surface area contributed by atoms with Gasteiger partial charge in [0, 0.05) is 34.7 Å². The highest BCUT2D eigenvalue weighted by Gasteiger charge is 2.44. The van der Waals surface area contributed by atoms with E-state index in [9.17, 15) is 30.0 Å². The summed E-state index contributed by atoms with van der Waals surface area (Å²) >= 11 is 0. The second-order valence-corrected chi connectivity index (χ2v) is 5.98. The first kappa shape index (κ1) is 36.4. The predicted octanol–water partition coefficient (Wildman–Crippen LogP) is 4.46. The van der Waals surface area contributed by atoms with Crippen molar-refractivity contribution in [3.8, 4) is 0 Å². The predicted molar refractivity (Wildman–Crippen MR) is 87.9 cm³/mol. The Hall–Kier alpha value is -0.510. The van der Waals surface area contributed by atoms with Crippen molar-refractivity contribution in [1.29, 1.82) is 0 Å². The SMILES string of the molecule is CC.CF.COC(CC(F)(F)F)(OC)OC.COCF.CS([NH-])(=O)(O)F. The molecule has 168 valence electrons. The second-order valence-electron chi connectivity index (χ2n) is 3.65. The normalized spacial score (nSPS) is 12.2. The molecule has 0 saturated heterocycles. The largest absolute Gasteiger partial charge is 0.542 e. The summed E-state index contributed by atoms with van der Waals surface area (Å²) in [7, 11) is -0.298. The molecule has 0 saturated carbocycles. The lowest BCUT2D eigenvalue weighted by Crippen LogP contribution is -2.40. The van der Waals surface area contributed by atoms with Crippen LogP contribution < -0.4 is 0 Å². The highest BCUT2D eigenvalue weighted by atomic mass is 32.3. The smallest absolute Gasteiger partial charge is 0.396 e. The molecular formula is C12H30F6NO6S-. The van der Waals surface area contributed by atoms with E-state index in [2.05, 4.69) is 18.9 Å². The fourth-order valence-electron chi connectivity index (χ4n) is 0.712. The third-order valence-corrected chi connectivity index (χ3v) is 1.46. The third kappa shape index (κ3) is 49.5. The van der Waals surface area contributed by atoms with Crippen LogP contribution >= 0.6 is 0 Å². The molecule has 0 aliphatic carbocycles. The summed E-state index contributed by atoms with van der Waals surface area (Å²) in [6.07, 6.45) is -5.37. The molecule has 0 radical (unpaired) electrons. The Balaban J connectivity index is -0.0000000879. The lowest BCUT2D eigenvalue weighted by Gasteiger charge is -2.31. The number of hydrogen-bond acceptors (Lipinski definition) is 5. The molecule has 0 aromatic carbocycles. The second kappa shape index (κ2) is 17.9. The van der Waals surface area contributed by atoms with Gasteiger partial charge in [-0.3, -0.25) is 8.94 Å². The van der Waals surface area contributed by atoms with E-state index in [1.165, 1.54) is 7.11 Å². The lowest BCUT2D eigenvalue weighted by atomic mass is 10.3. The van der Waals surface area contributed by atoms with E-state index in [-0.39, 0.29) is 0 Å². The maximum Gasteiger partial charge on any atom is 0.396 e. The first-order valence-corrected chi connectivity index (χ1v) is 8.80. The maximum atomic E-state index is 11.9. The van der Waals surface area contributed by atoms with Gasteiger partial charge < -0.3 is 24.1 Å². The van der Waals surface area contributed by atoms with Gasteiger partial charge in [0.15, 0.2) is 6.86 Å². The Labute approximate surface area is 150 Å². The Morgan fingerprint density at radius 3 is 1.23 bits per heavy atom. The first-order chi connectivity index (χ1) is 11.5. The topological polar surface area (TPSA) is 98.0 Å². The molecule has 2 N–H and O–H groups in total. The van der Waals surface area contributed by atoms with Crippen LogP contribution in [-0.2, 0) is 28.9 Å². The van der Waals surface area contributed by atoms with Crippen molar-refractivity contribution < 1.29 is 53.5 Å². The number of methoxy groups -OCH3 is 4. The molecular weight excluding hydrogens is 400 g/mol. The van der Waals surface area contributed by atoms with Crippen molar-refractivity contribution in [3.63, 3.8) is 0 Å². The monoisotopic (exact) mass is 430 g/mol. The summed E-state index contributed by atoms with van der Waals surface area (Å²) in [5.41, 5.74) is 0. The number of nitrogens with one attached hydrogen (secondary N) is 1. The van der Waals surface area contributed by atoms with Gasteiger partial charge in [-0.15, -0.1) is 13.8 Å². The van der Waals surface area contributed by atoms with E-state index >= 15 is 0 Å². The summed E-state index contributed by atoms with van der Waals surface area (Å²) in [6, 6.07) is 0. The minimum absolute atomic E-state index is 0.317. The molecule has 7 nitrogen and oxygen atoms in total. The molecule has 0 amide bonds. The van der Waals surface area contributed by atoms with Gasteiger partial charge in [-0.05, 0) is 0 Å². The highest BCUT2D eigenvalue weighted by Crippen LogP contribution is 2.30. The van der Waals surface area contributed by atoms with Gasteiger partial charge in [0.25, 0.3) is 5.97 Å². The lowest BCUT2D eigenvalue weighted by molar-refractivity contribution is -0.382. The summed E-state index contributed by atoms with van der Waals surface area (Å²) < 4.78 is 101. The van der Waals surface area contributed by atoms with Crippen LogP contribution in [0, 0.1) is 0 Å². The number of hydrogen-bond donors (Lipinski definition) is 1. The van der Waals surface area contributed by atoms with Crippen LogP contribution in [0.25, 0.3) is 5.14 Å². The van der Waals surface area contributed by atoms with Crippen LogP contribution in [0.1, 0.15) is 20.3 Å². The molecule has 0 atom stereocenters. The zero-order valence-corrected chi connectivity index (χ0v) is 16.9. The van der Waals surface area contributed by atoms with Crippen LogP contribution in [0.5, 0.6) is 0 Å². The van der Waals surface area contributed by atoms with E-state index in [0.29, 0.717) is 13.4 Å². The molecule has 0 aliphatic rings. The molecule has 0 spiro atoms. The zero-order valence-electron chi connectivity index (χ0n) is 16.1. The Morgan fingerprint density at radius 2 is 1.19 bits per heavy atom. The highest BCUT2D eigenvalue weighted by molar-refractivity contribution is 8.11. The van der Waals surface area contributed by atoms with Crippen LogP contribution in [0.4, 0.5) is 25.8 Å². The molecule has 0 fully saturated rings. The summed E-state index contributed by atoms with van der Waals surface area (Å²) in [5, 5.41) is 5.73. The fourth-order valence-corrected chi connectivity index (χ4v) is 0.712. The van der Waals surface area contributed by atoms with E-state index in [1.807, 2.05) is 13.8 Å². The summed E-state index contributed by atoms with van der Waals surface area (Å²) in [4.78, 5) is 0. The Kier molecular flexibility index (Phi) is 25.0. The minimum atomic E-state index is -5.35. The van der Waals surface area contributed by atoms with E-state index in [0.717, 1.165) is 21.3 Å². The van der Waals surface area contributed by atoms with Crippen LogP contribution in [0.3, 0.4) is 0 Å². The minimum Gasteiger partial charge on any atom is -0.542 e. The van der Waals surface area contributed by atoms with E-state index < -0.39 is 35.3 Å². The van der Waals surface area contributed by atoms with Gasteiger partial charge in [0.05, 0.1) is 7.18 Å². The molecule has 26 heavy (non-hydrogen) atoms. The quantitative estimate of drug-likeness (QED) is 0.393. The van der Waals surface area contributed by atoms with Crippen LogP contribution in [0.2, 0.25) is 0 Å². The number of halogens is 6. The standard InChI is InChI=1S/C6H11F3O3.C2H5FO.C2H6.CH5FNO2S.CH3F/c1-10-6(11-2,12-3)4-5(7,8)9;1-4-2-3;1-2;1-6(2,3,4)5;1-2/h4H2,1-3H3;2H2,1H3;1-2H3;1H3,(H2-,3,4,5);1H3/q;;;-1;. The van der Waals surface area contributed by atoms with Crippen molar-refractivity contribution in [1.82, 2.24) is 0 Å². The molecule has 0 aliphatic heterocycles. The molecule has 0 aromatic rings. The van der Waals surface area contributed by atoms with Crippen molar-refractivity contribution in [2.45, 2.75) is 32.4 Å². The average Bonchev–Trinajstić information content (AvgIpc) is 2.53. The van der Waals surface area contributed by atoms with E-state index in [4.69, 9.17) is 9.69 Å². The van der Waals surface area contributed by atoms with Crippen molar-refractivity contribution >= 4 is 9.92 Å². The molecule has 0 rings (SSSR count). The van der Waals surface area contributed by atoms with E-state index in [1.54, 1.807) is 0 Å². The van der Waals surface area contributed by atoms with Gasteiger partial charge in [-0.2, -0.15) is 17.4 Å². The van der Waals surface area contributed by atoms with Crippen molar-refractivity contribution in [2.75, 3.05) is 48.7 Å². The van der Waals surface area contributed by atoms with Gasteiger partial charge in [0.1, 0.15) is 6.42 Å². The summed E-state index contributed by atoms with van der Waals surface area (Å²) in [6.45, 7) is 3.32. The van der Waals surface area contributed by atoms with Gasteiger partial charge >= 0.3 is 6.18 Å². The molecule has 0 heterocycles. The van der Waals surface area contributed by atoms with Crippen LogP contribution in [0.15, 0.2) is 0 Å². The Morgan fingerprint density at radius 1 is 1.00 bits per heavy atom. The van der Waals surface area contributed by atoms with Gasteiger partial charge in [-0.25, -0.2) is 4.39 Å². The molecule has 0 bridgehead atoms. The maximum absolute atomic E-state index is 11.9. The zero-order chi connectivity index (χ0) is 22.7. The van der Waals surface area contributed by atoms with Crippen molar-refractivity contribution in [3.05, 3.63) is 5.14 Å². The Bertz CT molecular complexity index is 316. The van der Waals surface area contributed by atoms with Crippen LogP contribution in [-0.4, -0.2) is 69.6 Å². The summed E-state index contributed by atoms with van der Waals surface area (Å²) in [5.74, 6) is -2.02. The van der Waals surface area contributed by atoms with Gasteiger partial charge in [-0.1, -0.05) is 13.8 Å². The van der Waals surface area contributed by atoms with Gasteiger partial charge in [0.2, 0.25) is 0 Å². The molecule has 14 heteroatoms. The number of rotatable bonds is 5. The number of ether oxygens (including phenoxy) is 4. The average molecular weight is 430 g/mol. The fraction of sp³-hybridized carbons (Fsp3) is 1.00. The first-order valence-electron chi connectivity index (χ1n) is 6.57. The molecule has 0 unspecified atom stereocenters.